The molecular weight excluding hydrogens is 460 g/mol. The van der Waals surface area contributed by atoms with E-state index < -0.39 is 29.1 Å². The zero-order chi connectivity index (χ0) is 25.1. The van der Waals surface area contributed by atoms with Crippen molar-refractivity contribution in [1.82, 2.24) is 15.6 Å². The maximum Gasteiger partial charge on any atom is 0.416 e. The predicted molar refractivity (Wildman–Crippen MR) is 125 cm³/mol. The van der Waals surface area contributed by atoms with E-state index in [9.17, 15) is 22.4 Å². The summed E-state index contributed by atoms with van der Waals surface area (Å²) in [5.41, 5.74) is 4.25. The van der Waals surface area contributed by atoms with Gasteiger partial charge in [-0.05, 0) is 54.3 Å². The normalized spacial score (nSPS) is 16.0. The monoisotopic (exact) mass is 486 g/mol. The second-order valence-electron chi connectivity index (χ2n) is 8.85. The van der Waals surface area contributed by atoms with Crippen LogP contribution in [-0.4, -0.2) is 17.1 Å². The summed E-state index contributed by atoms with van der Waals surface area (Å²) in [5.74, 6) is -1.07. The minimum Gasteiger partial charge on any atom is -0.397 e. The van der Waals surface area contributed by atoms with Crippen molar-refractivity contribution in [2.45, 2.75) is 49.9 Å². The summed E-state index contributed by atoms with van der Waals surface area (Å²) in [7, 11) is 0. The van der Waals surface area contributed by atoms with Crippen LogP contribution < -0.4 is 16.4 Å². The van der Waals surface area contributed by atoms with Crippen molar-refractivity contribution in [1.29, 1.82) is 0 Å². The van der Waals surface area contributed by atoms with Gasteiger partial charge in [0, 0.05) is 12.5 Å². The second kappa shape index (κ2) is 9.93. The molecule has 1 aliphatic carbocycles. The van der Waals surface area contributed by atoms with Crippen LogP contribution in [0.4, 0.5) is 28.0 Å². The minimum absolute atomic E-state index is 0.0313. The van der Waals surface area contributed by atoms with Crippen molar-refractivity contribution in [3.8, 4) is 0 Å². The lowest BCUT2D eigenvalue weighted by atomic mass is 9.79. The van der Waals surface area contributed by atoms with E-state index in [2.05, 4.69) is 15.6 Å². The summed E-state index contributed by atoms with van der Waals surface area (Å²) in [6.45, 7) is 0. The molecule has 5 nitrogen and oxygen atoms in total. The van der Waals surface area contributed by atoms with E-state index in [1.807, 2.05) is 0 Å². The van der Waals surface area contributed by atoms with Gasteiger partial charge in [0.25, 0.3) is 0 Å². The average molecular weight is 487 g/mol. The van der Waals surface area contributed by atoms with Gasteiger partial charge in [-0.2, -0.15) is 13.2 Å². The molecule has 1 unspecified atom stereocenters. The van der Waals surface area contributed by atoms with Crippen LogP contribution in [0.25, 0.3) is 0 Å². The van der Waals surface area contributed by atoms with Crippen LogP contribution in [0.1, 0.15) is 48.1 Å². The largest absolute Gasteiger partial charge is 0.416 e. The van der Waals surface area contributed by atoms with E-state index in [1.54, 1.807) is 36.4 Å². The van der Waals surface area contributed by atoms with Crippen LogP contribution >= 0.6 is 0 Å². The second-order valence-corrected chi connectivity index (χ2v) is 8.85. The first-order chi connectivity index (χ1) is 16.7. The molecule has 4 rings (SSSR count). The van der Waals surface area contributed by atoms with Gasteiger partial charge in [-0.1, -0.05) is 43.2 Å². The number of alkyl halides is 3. The standard InChI is InChI=1S/C26H26F4N4O/c27-20-13-18(12-19(14-20)26(28,29)30)25(15-17-6-2-1-3-7-17,23-11-10-21(31)16-32-23)34-24(35)33-22-8-4-5-9-22/h1-3,6-7,10-14,16,22H,4-5,8-9,15,31H2,(H2,33,34,35). The van der Waals surface area contributed by atoms with Crippen LogP contribution in [0.3, 0.4) is 0 Å². The Kier molecular flexibility index (Phi) is 6.95. The molecule has 0 bridgehead atoms. The van der Waals surface area contributed by atoms with E-state index in [4.69, 9.17) is 5.73 Å². The molecule has 0 spiro atoms. The van der Waals surface area contributed by atoms with E-state index in [1.165, 1.54) is 12.3 Å². The summed E-state index contributed by atoms with van der Waals surface area (Å²) in [6.07, 6.45) is 0.209. The molecule has 1 atom stereocenters. The van der Waals surface area contributed by atoms with Crippen LogP contribution in [0.5, 0.6) is 0 Å². The number of aromatic nitrogens is 1. The first kappa shape index (κ1) is 24.5. The van der Waals surface area contributed by atoms with Crippen LogP contribution in [0, 0.1) is 5.82 Å². The third-order valence-electron chi connectivity index (χ3n) is 6.27. The molecule has 0 radical (unpaired) electrons. The number of nitrogens with zero attached hydrogens (tertiary/aromatic N) is 1. The molecule has 35 heavy (non-hydrogen) atoms. The van der Waals surface area contributed by atoms with Crippen molar-refractivity contribution in [3.05, 3.63) is 95.1 Å². The smallest absolute Gasteiger partial charge is 0.397 e. The highest BCUT2D eigenvalue weighted by molar-refractivity contribution is 5.76. The highest BCUT2D eigenvalue weighted by Crippen LogP contribution is 2.38. The van der Waals surface area contributed by atoms with Gasteiger partial charge < -0.3 is 16.4 Å². The van der Waals surface area contributed by atoms with Crippen molar-refractivity contribution in [2.75, 3.05) is 5.73 Å². The van der Waals surface area contributed by atoms with E-state index >= 15 is 0 Å². The lowest BCUT2D eigenvalue weighted by molar-refractivity contribution is -0.137. The highest BCUT2D eigenvalue weighted by Gasteiger charge is 2.41. The number of urea groups is 1. The fourth-order valence-corrected chi connectivity index (χ4v) is 4.57. The van der Waals surface area contributed by atoms with Gasteiger partial charge in [-0.15, -0.1) is 0 Å². The summed E-state index contributed by atoms with van der Waals surface area (Å²) in [5, 5.41) is 5.79. The lowest BCUT2D eigenvalue weighted by Crippen LogP contribution is -2.54. The number of halogens is 4. The number of nitrogen functional groups attached to an aromatic ring is 1. The molecule has 1 fully saturated rings. The Labute approximate surface area is 200 Å². The van der Waals surface area contributed by atoms with Crippen molar-refractivity contribution < 1.29 is 22.4 Å². The zero-order valence-corrected chi connectivity index (χ0v) is 18.9. The number of rotatable bonds is 6. The molecule has 2 aromatic carbocycles. The highest BCUT2D eigenvalue weighted by atomic mass is 19.4. The molecule has 3 aromatic rings. The molecule has 9 heteroatoms. The number of nitrogens with two attached hydrogens (primary N) is 1. The van der Waals surface area contributed by atoms with E-state index in [0.29, 0.717) is 17.3 Å². The Morgan fingerprint density at radius 1 is 1.00 bits per heavy atom. The van der Waals surface area contributed by atoms with Crippen molar-refractivity contribution >= 4 is 11.7 Å². The number of hydrogen-bond donors (Lipinski definition) is 3. The van der Waals surface area contributed by atoms with Crippen molar-refractivity contribution in [3.63, 3.8) is 0 Å². The topological polar surface area (TPSA) is 80.0 Å². The molecule has 1 aliphatic rings. The number of carbonyl (C=O) groups excluding carboxylic acids is 1. The summed E-state index contributed by atoms with van der Waals surface area (Å²) in [6, 6.07) is 13.7. The van der Waals surface area contributed by atoms with Gasteiger partial charge in [0.2, 0.25) is 0 Å². The van der Waals surface area contributed by atoms with Gasteiger partial charge in [-0.3, -0.25) is 4.98 Å². The van der Waals surface area contributed by atoms with E-state index in [0.717, 1.165) is 37.8 Å². The Bertz CT molecular complexity index is 1160. The molecule has 184 valence electrons. The maximum atomic E-state index is 14.6. The first-order valence-corrected chi connectivity index (χ1v) is 11.4. The number of hydrogen-bond acceptors (Lipinski definition) is 3. The molecule has 1 aromatic heterocycles. The van der Waals surface area contributed by atoms with Crippen molar-refractivity contribution in [2.24, 2.45) is 0 Å². The minimum atomic E-state index is -4.78. The first-order valence-electron chi connectivity index (χ1n) is 11.4. The zero-order valence-electron chi connectivity index (χ0n) is 18.9. The predicted octanol–water partition coefficient (Wildman–Crippen LogP) is 5.55. The van der Waals surface area contributed by atoms with Crippen LogP contribution in [0.15, 0.2) is 66.9 Å². The number of nitrogens with one attached hydrogen (secondary N) is 2. The third-order valence-corrected chi connectivity index (χ3v) is 6.27. The number of anilines is 1. The number of pyridine rings is 1. The maximum absolute atomic E-state index is 14.6. The van der Waals surface area contributed by atoms with Gasteiger partial charge in [0.05, 0.1) is 23.1 Å². The SMILES string of the molecule is Nc1ccc(C(Cc2ccccc2)(NC(=O)NC2CCCC2)c2cc(F)cc(C(F)(F)F)c2)nc1. The van der Waals surface area contributed by atoms with Gasteiger partial charge >= 0.3 is 12.2 Å². The fourth-order valence-electron chi connectivity index (χ4n) is 4.57. The number of carbonyl (C=O) groups is 1. The van der Waals surface area contributed by atoms with Gasteiger partial charge in [0.1, 0.15) is 11.4 Å². The van der Waals surface area contributed by atoms with Gasteiger partial charge in [-0.25, -0.2) is 9.18 Å². The van der Waals surface area contributed by atoms with Crippen LogP contribution in [-0.2, 0) is 18.1 Å². The Morgan fingerprint density at radius 2 is 1.69 bits per heavy atom. The fraction of sp³-hybridized carbons (Fsp3) is 0.308. The molecular formula is C26H26F4N4O. The van der Waals surface area contributed by atoms with E-state index in [-0.39, 0.29) is 23.7 Å². The summed E-state index contributed by atoms with van der Waals surface area (Å²) >= 11 is 0. The molecule has 4 N–H and O–H groups in total. The van der Waals surface area contributed by atoms with Crippen LogP contribution in [0.2, 0.25) is 0 Å². The Morgan fingerprint density at radius 3 is 2.31 bits per heavy atom. The third kappa shape index (κ3) is 5.72. The summed E-state index contributed by atoms with van der Waals surface area (Å²) in [4.78, 5) is 17.6. The summed E-state index contributed by atoms with van der Waals surface area (Å²) < 4.78 is 55.6. The Hall–Kier alpha value is -3.62. The lowest BCUT2D eigenvalue weighted by Gasteiger charge is -2.36. The quantitative estimate of drug-likeness (QED) is 0.400. The molecule has 2 amide bonds. The number of benzene rings is 2. The average Bonchev–Trinajstić information content (AvgIpc) is 3.31. The van der Waals surface area contributed by atoms with Gasteiger partial charge in [0.15, 0.2) is 0 Å². The Balaban J connectivity index is 1.89. The molecule has 0 aliphatic heterocycles. The molecule has 1 heterocycles. The molecule has 1 saturated carbocycles. The number of amides is 2. The molecule has 0 saturated heterocycles.